The molecular weight excluding hydrogens is 352 g/mol. The van der Waals surface area contributed by atoms with Gasteiger partial charge >= 0.3 is 0 Å². The van der Waals surface area contributed by atoms with E-state index in [4.69, 9.17) is 10.3 Å². The molecule has 2 bridgehead atoms. The van der Waals surface area contributed by atoms with E-state index >= 15 is 0 Å². The Hall–Kier alpha value is -1.92. The molecular formula is C19H25ClN4O2. The minimum atomic E-state index is 0. The van der Waals surface area contributed by atoms with E-state index in [2.05, 4.69) is 15.5 Å². The summed E-state index contributed by atoms with van der Waals surface area (Å²) < 4.78 is 5.03. The van der Waals surface area contributed by atoms with E-state index in [0.29, 0.717) is 23.6 Å². The molecule has 6 nitrogen and oxygen atoms in total. The van der Waals surface area contributed by atoms with Gasteiger partial charge < -0.3 is 15.6 Å². The Kier molecular flexibility index (Phi) is 5.63. The van der Waals surface area contributed by atoms with Crippen molar-refractivity contribution in [3.63, 3.8) is 0 Å². The van der Waals surface area contributed by atoms with Gasteiger partial charge in [-0.2, -0.15) is 4.98 Å². The number of hydrogen-bond acceptors (Lipinski definition) is 5. The maximum Gasteiger partial charge on any atom is 0.227 e. The van der Waals surface area contributed by atoms with Crippen LogP contribution < -0.4 is 11.1 Å². The molecule has 2 atom stereocenters. The number of nitrogens with one attached hydrogen (secondary N) is 1. The Bertz CT molecular complexity index is 764. The van der Waals surface area contributed by atoms with Crippen LogP contribution in [-0.2, 0) is 4.79 Å². The van der Waals surface area contributed by atoms with Gasteiger partial charge in [-0.1, -0.05) is 23.7 Å². The van der Waals surface area contributed by atoms with Gasteiger partial charge in [-0.15, -0.1) is 12.4 Å². The molecule has 7 heteroatoms. The largest absolute Gasteiger partial charge is 0.339 e. The van der Waals surface area contributed by atoms with Crippen LogP contribution in [0.3, 0.4) is 0 Å². The number of halogens is 1. The third-order valence-corrected chi connectivity index (χ3v) is 5.70. The van der Waals surface area contributed by atoms with Crippen LogP contribution in [0.15, 0.2) is 28.8 Å². The summed E-state index contributed by atoms with van der Waals surface area (Å²) >= 11 is 0. The number of aryl methyl sites for hydroxylation is 1. The molecule has 0 radical (unpaired) electrons. The minimum absolute atomic E-state index is 0. The number of amides is 1. The van der Waals surface area contributed by atoms with Crippen molar-refractivity contribution in [2.24, 2.45) is 23.5 Å². The summed E-state index contributed by atoms with van der Waals surface area (Å²) in [5.41, 5.74) is 7.93. The van der Waals surface area contributed by atoms with Gasteiger partial charge in [0.15, 0.2) is 0 Å². The maximum absolute atomic E-state index is 12.8. The monoisotopic (exact) mass is 376 g/mol. The van der Waals surface area contributed by atoms with Crippen molar-refractivity contribution >= 4 is 24.0 Å². The molecule has 3 N–H and O–H groups in total. The number of fused-ring (bicyclic) bond motifs is 2. The van der Waals surface area contributed by atoms with Gasteiger partial charge in [0.25, 0.3) is 0 Å². The van der Waals surface area contributed by atoms with Gasteiger partial charge in [-0.05, 0) is 49.7 Å². The van der Waals surface area contributed by atoms with Gasteiger partial charge in [-0.3, -0.25) is 4.79 Å². The molecule has 2 aliphatic carbocycles. The van der Waals surface area contributed by atoms with Crippen LogP contribution in [0.1, 0.15) is 38.0 Å². The molecule has 4 rings (SSSR count). The Balaban J connectivity index is 0.00000196. The Morgan fingerprint density at radius 2 is 2.00 bits per heavy atom. The van der Waals surface area contributed by atoms with Crippen LogP contribution in [-0.4, -0.2) is 22.1 Å². The van der Waals surface area contributed by atoms with Gasteiger partial charge in [0.05, 0.1) is 0 Å². The lowest BCUT2D eigenvalue weighted by Gasteiger charge is -2.43. The van der Waals surface area contributed by atoms with Crippen molar-refractivity contribution in [1.82, 2.24) is 10.1 Å². The quantitative estimate of drug-likeness (QED) is 0.854. The number of benzene rings is 1. The average molecular weight is 377 g/mol. The van der Waals surface area contributed by atoms with Crippen molar-refractivity contribution in [3.8, 4) is 11.4 Å². The number of aromatic nitrogens is 2. The van der Waals surface area contributed by atoms with Crippen molar-refractivity contribution in [2.75, 3.05) is 5.32 Å². The molecule has 0 spiro atoms. The summed E-state index contributed by atoms with van der Waals surface area (Å²) in [6.45, 7) is 1.76. The lowest BCUT2D eigenvalue weighted by atomic mass is 9.65. The predicted molar refractivity (Wildman–Crippen MR) is 102 cm³/mol. The SMILES string of the molecule is Cc1nc(-c2cccc(NC(=O)C3CC4CCCC(C3)C4N)c2)no1.Cl. The molecule has 2 aliphatic rings. The first-order chi connectivity index (χ1) is 12.1. The highest BCUT2D eigenvalue weighted by Crippen LogP contribution is 2.42. The van der Waals surface area contributed by atoms with Crippen LogP contribution in [0, 0.1) is 24.7 Å². The Morgan fingerprint density at radius 1 is 1.27 bits per heavy atom. The van der Waals surface area contributed by atoms with Crippen molar-refractivity contribution in [2.45, 2.75) is 45.1 Å². The van der Waals surface area contributed by atoms with E-state index in [0.717, 1.165) is 36.9 Å². The highest BCUT2D eigenvalue weighted by molar-refractivity contribution is 5.93. The van der Waals surface area contributed by atoms with E-state index in [1.165, 1.54) is 6.42 Å². The zero-order valence-corrected chi connectivity index (χ0v) is 15.7. The summed E-state index contributed by atoms with van der Waals surface area (Å²) in [5, 5.41) is 7.00. The zero-order chi connectivity index (χ0) is 17.4. The summed E-state index contributed by atoms with van der Waals surface area (Å²) in [6.07, 6.45) is 5.40. The predicted octanol–water partition coefficient (Wildman–Crippen LogP) is 3.56. The zero-order valence-electron chi connectivity index (χ0n) is 14.9. The van der Waals surface area contributed by atoms with Gasteiger partial charge in [0, 0.05) is 30.1 Å². The first kappa shape index (κ1) is 18.9. The summed E-state index contributed by atoms with van der Waals surface area (Å²) in [5.74, 6) is 2.21. The highest BCUT2D eigenvalue weighted by atomic mass is 35.5. The second-order valence-electron chi connectivity index (χ2n) is 7.40. The van der Waals surface area contributed by atoms with Crippen molar-refractivity contribution < 1.29 is 9.32 Å². The molecule has 26 heavy (non-hydrogen) atoms. The molecule has 0 aliphatic heterocycles. The van der Waals surface area contributed by atoms with E-state index in [-0.39, 0.29) is 30.3 Å². The lowest BCUT2D eigenvalue weighted by molar-refractivity contribution is -0.122. The molecule has 2 fully saturated rings. The fourth-order valence-electron chi connectivity index (χ4n) is 4.40. The van der Waals surface area contributed by atoms with Crippen LogP contribution in [0.25, 0.3) is 11.4 Å². The maximum atomic E-state index is 12.8. The van der Waals surface area contributed by atoms with Crippen LogP contribution >= 0.6 is 12.4 Å². The van der Waals surface area contributed by atoms with E-state index < -0.39 is 0 Å². The molecule has 2 saturated carbocycles. The first-order valence-electron chi connectivity index (χ1n) is 9.07. The lowest BCUT2D eigenvalue weighted by Crippen LogP contribution is -2.48. The number of nitrogens with two attached hydrogens (primary N) is 1. The fourth-order valence-corrected chi connectivity index (χ4v) is 4.40. The van der Waals surface area contributed by atoms with Crippen LogP contribution in [0.4, 0.5) is 5.69 Å². The Morgan fingerprint density at radius 3 is 2.65 bits per heavy atom. The van der Waals surface area contributed by atoms with Gasteiger partial charge in [-0.25, -0.2) is 0 Å². The molecule has 1 heterocycles. The minimum Gasteiger partial charge on any atom is -0.339 e. The molecule has 2 unspecified atom stereocenters. The van der Waals surface area contributed by atoms with E-state index in [9.17, 15) is 4.79 Å². The molecule has 2 aromatic rings. The summed E-state index contributed by atoms with van der Waals surface area (Å²) in [7, 11) is 0. The van der Waals surface area contributed by atoms with Crippen LogP contribution in [0.2, 0.25) is 0 Å². The molecule has 1 aromatic heterocycles. The molecule has 1 aromatic carbocycles. The molecule has 0 saturated heterocycles. The topological polar surface area (TPSA) is 94.0 Å². The van der Waals surface area contributed by atoms with Gasteiger partial charge in [0.2, 0.25) is 17.6 Å². The fraction of sp³-hybridized carbons (Fsp3) is 0.526. The molecule has 1 amide bonds. The Labute approximate surface area is 159 Å². The number of anilines is 1. The van der Waals surface area contributed by atoms with Gasteiger partial charge in [0.1, 0.15) is 0 Å². The smallest absolute Gasteiger partial charge is 0.227 e. The highest BCUT2D eigenvalue weighted by Gasteiger charge is 2.40. The third-order valence-electron chi connectivity index (χ3n) is 5.70. The number of nitrogens with zero attached hydrogens (tertiary/aromatic N) is 2. The standard InChI is InChI=1S/C19H24N4O2.ClH/c1-11-21-18(23-25-11)14-6-3-7-16(10-14)22-19(24)15-8-12-4-2-5-13(9-15)17(12)20;/h3,6-7,10,12-13,15,17H,2,4-5,8-9,20H2,1H3,(H,22,24);1H. The van der Waals surface area contributed by atoms with E-state index in [1.54, 1.807) is 6.92 Å². The van der Waals surface area contributed by atoms with Crippen molar-refractivity contribution in [1.29, 1.82) is 0 Å². The number of carbonyl (C=O) groups excluding carboxylic acids is 1. The number of rotatable bonds is 3. The van der Waals surface area contributed by atoms with E-state index in [1.807, 2.05) is 24.3 Å². The normalized spacial score (nSPS) is 27.5. The number of hydrogen-bond donors (Lipinski definition) is 2. The second-order valence-corrected chi connectivity index (χ2v) is 7.40. The first-order valence-corrected chi connectivity index (χ1v) is 9.07. The summed E-state index contributed by atoms with van der Waals surface area (Å²) in [4.78, 5) is 17.0. The number of carbonyl (C=O) groups is 1. The molecule has 140 valence electrons. The van der Waals surface area contributed by atoms with Crippen LogP contribution in [0.5, 0.6) is 0 Å². The van der Waals surface area contributed by atoms with Crippen molar-refractivity contribution in [3.05, 3.63) is 30.2 Å². The third kappa shape index (κ3) is 3.76. The summed E-state index contributed by atoms with van der Waals surface area (Å²) in [6, 6.07) is 7.86. The second kappa shape index (κ2) is 7.76. The average Bonchev–Trinajstić information content (AvgIpc) is 3.01.